The molecule has 1 aliphatic heterocycles. The summed E-state index contributed by atoms with van der Waals surface area (Å²) < 4.78 is 24.1. The van der Waals surface area contributed by atoms with Crippen LogP contribution in [0.2, 0.25) is 0 Å². The van der Waals surface area contributed by atoms with E-state index in [-0.39, 0.29) is 18.0 Å². The Labute approximate surface area is 208 Å². The maximum absolute atomic E-state index is 13.1. The molecule has 0 amide bonds. The number of aromatic nitrogens is 1. The van der Waals surface area contributed by atoms with Gasteiger partial charge in [-0.05, 0) is 61.0 Å². The molecule has 2 heterocycles. The molecule has 0 radical (unpaired) electrons. The first-order valence-corrected chi connectivity index (χ1v) is 11.4. The highest BCUT2D eigenvalue weighted by atomic mass is 16.5. The number of rotatable bonds is 6. The number of nitrogens with zero attached hydrogens (tertiary/aromatic N) is 1. The van der Waals surface area contributed by atoms with Crippen molar-refractivity contribution in [1.29, 1.82) is 0 Å². The van der Waals surface area contributed by atoms with Crippen molar-refractivity contribution in [3.8, 4) is 23.0 Å². The Balaban J connectivity index is 1.39. The van der Waals surface area contributed by atoms with E-state index in [1.165, 1.54) is 0 Å². The van der Waals surface area contributed by atoms with Crippen LogP contribution in [0.4, 0.5) is 0 Å². The van der Waals surface area contributed by atoms with Gasteiger partial charge in [0.05, 0.1) is 26.2 Å². The molecule has 0 bridgehead atoms. The van der Waals surface area contributed by atoms with Crippen molar-refractivity contribution in [3.63, 3.8) is 0 Å². The van der Waals surface area contributed by atoms with Gasteiger partial charge in [-0.3, -0.25) is 9.59 Å². The van der Waals surface area contributed by atoms with Gasteiger partial charge in [0.15, 0.2) is 5.76 Å². The van der Waals surface area contributed by atoms with Crippen LogP contribution in [0.3, 0.4) is 0 Å². The molecule has 0 atom stereocenters. The molecule has 7 heteroatoms. The average Bonchev–Trinajstić information content (AvgIpc) is 3.37. The van der Waals surface area contributed by atoms with Crippen LogP contribution in [0.25, 0.3) is 17.0 Å². The molecule has 0 fully saturated rings. The lowest BCUT2D eigenvalue weighted by Gasteiger charge is -2.10. The van der Waals surface area contributed by atoms with E-state index in [0.717, 1.165) is 33.5 Å². The van der Waals surface area contributed by atoms with Crippen molar-refractivity contribution in [2.75, 3.05) is 14.2 Å². The highest BCUT2D eigenvalue weighted by Gasteiger charge is 2.31. The number of benzene rings is 3. The Morgan fingerprint density at radius 2 is 1.72 bits per heavy atom. The number of ketones is 1. The van der Waals surface area contributed by atoms with Crippen LogP contribution < -0.4 is 18.9 Å². The zero-order valence-electron chi connectivity index (χ0n) is 20.5. The van der Waals surface area contributed by atoms with Gasteiger partial charge in [-0.2, -0.15) is 0 Å². The molecule has 0 spiro atoms. The standard InChI is InChI=1S/C29H25NO6/c1-17-25(35-27(31)13-18-5-7-20(33-3)8-6-18)12-10-22-28(32)26(36-29(17)22)14-19-16-30(2)24-11-9-21(34-4)15-23(19)24/h5-12,14-16H,13H2,1-4H3/b26-14-. The number of hydrogen-bond donors (Lipinski definition) is 0. The smallest absolute Gasteiger partial charge is 0.315 e. The third kappa shape index (κ3) is 4.20. The van der Waals surface area contributed by atoms with Gasteiger partial charge in [-0.15, -0.1) is 0 Å². The lowest BCUT2D eigenvalue weighted by atomic mass is 10.1. The normalized spacial score (nSPS) is 13.6. The quantitative estimate of drug-likeness (QED) is 0.211. The van der Waals surface area contributed by atoms with Crippen LogP contribution in [-0.2, 0) is 18.3 Å². The fraction of sp³-hybridized carbons (Fsp3) is 0.172. The van der Waals surface area contributed by atoms with Crippen LogP contribution in [0.5, 0.6) is 23.0 Å². The largest absolute Gasteiger partial charge is 0.497 e. The number of hydrogen-bond acceptors (Lipinski definition) is 6. The second-order valence-electron chi connectivity index (χ2n) is 8.58. The third-order valence-corrected chi connectivity index (χ3v) is 6.28. The molecule has 0 aliphatic carbocycles. The van der Waals surface area contributed by atoms with Crippen molar-refractivity contribution in [2.45, 2.75) is 13.3 Å². The number of esters is 1. The predicted molar refractivity (Wildman–Crippen MR) is 136 cm³/mol. The Morgan fingerprint density at radius 3 is 2.44 bits per heavy atom. The highest BCUT2D eigenvalue weighted by Crippen LogP contribution is 2.40. The summed E-state index contributed by atoms with van der Waals surface area (Å²) in [6.45, 7) is 1.77. The lowest BCUT2D eigenvalue weighted by molar-refractivity contribution is -0.133. The minimum atomic E-state index is -0.409. The number of ether oxygens (including phenoxy) is 4. The number of fused-ring (bicyclic) bond motifs is 2. The maximum Gasteiger partial charge on any atom is 0.315 e. The van der Waals surface area contributed by atoms with E-state index in [9.17, 15) is 9.59 Å². The van der Waals surface area contributed by atoms with Crippen LogP contribution in [-0.4, -0.2) is 30.5 Å². The lowest BCUT2D eigenvalue weighted by Crippen LogP contribution is -2.12. The van der Waals surface area contributed by atoms with E-state index in [1.807, 2.05) is 48.1 Å². The van der Waals surface area contributed by atoms with Gasteiger partial charge in [0.2, 0.25) is 5.78 Å². The van der Waals surface area contributed by atoms with Crippen molar-refractivity contribution in [3.05, 3.63) is 88.8 Å². The van der Waals surface area contributed by atoms with Crippen molar-refractivity contribution in [2.24, 2.45) is 7.05 Å². The van der Waals surface area contributed by atoms with Gasteiger partial charge >= 0.3 is 5.97 Å². The first kappa shape index (κ1) is 23.2. The molecule has 36 heavy (non-hydrogen) atoms. The average molecular weight is 484 g/mol. The zero-order valence-corrected chi connectivity index (χ0v) is 20.5. The Morgan fingerprint density at radius 1 is 1.00 bits per heavy atom. The number of aryl methyl sites for hydroxylation is 1. The van der Waals surface area contributed by atoms with Gasteiger partial charge in [-0.25, -0.2) is 0 Å². The fourth-order valence-corrected chi connectivity index (χ4v) is 4.33. The van der Waals surface area contributed by atoms with Crippen LogP contribution in [0, 0.1) is 6.92 Å². The molecule has 182 valence electrons. The minimum absolute atomic E-state index is 0.107. The van der Waals surface area contributed by atoms with E-state index in [4.69, 9.17) is 18.9 Å². The van der Waals surface area contributed by atoms with Gasteiger partial charge in [0.25, 0.3) is 0 Å². The predicted octanol–water partition coefficient (Wildman–Crippen LogP) is 5.27. The van der Waals surface area contributed by atoms with Crippen molar-refractivity contribution >= 4 is 28.7 Å². The first-order chi connectivity index (χ1) is 17.4. The minimum Gasteiger partial charge on any atom is -0.497 e. The molecule has 0 unspecified atom stereocenters. The summed E-state index contributed by atoms with van der Waals surface area (Å²) in [5.74, 6) is 1.79. The monoisotopic (exact) mass is 483 g/mol. The van der Waals surface area contributed by atoms with Crippen molar-refractivity contribution in [1.82, 2.24) is 4.57 Å². The summed E-state index contributed by atoms with van der Waals surface area (Å²) in [6.07, 6.45) is 3.78. The van der Waals surface area contributed by atoms with E-state index in [2.05, 4.69) is 0 Å². The van der Waals surface area contributed by atoms with Crippen molar-refractivity contribution < 1.29 is 28.5 Å². The first-order valence-electron chi connectivity index (χ1n) is 11.4. The Hall–Kier alpha value is -4.52. The molecule has 3 aromatic carbocycles. The molecule has 0 saturated carbocycles. The van der Waals surface area contributed by atoms with Crippen LogP contribution in [0.15, 0.2) is 66.6 Å². The summed E-state index contributed by atoms with van der Waals surface area (Å²) in [5, 5.41) is 0.946. The summed E-state index contributed by atoms with van der Waals surface area (Å²) in [4.78, 5) is 25.7. The molecular formula is C29H25NO6. The highest BCUT2D eigenvalue weighted by molar-refractivity contribution is 6.15. The number of Topliss-reactive ketones (excluding diaryl/α,β-unsaturated/α-hetero) is 1. The van der Waals surface area contributed by atoms with Gasteiger partial charge < -0.3 is 23.5 Å². The van der Waals surface area contributed by atoms with E-state index in [1.54, 1.807) is 51.5 Å². The number of methoxy groups -OCH3 is 2. The molecular weight excluding hydrogens is 458 g/mol. The Kier molecular flexibility index (Phi) is 5.98. The summed E-state index contributed by atoms with van der Waals surface area (Å²) in [5.41, 5.74) is 3.68. The molecule has 7 nitrogen and oxygen atoms in total. The van der Waals surface area contributed by atoms with Crippen LogP contribution >= 0.6 is 0 Å². The molecule has 5 rings (SSSR count). The molecule has 1 aliphatic rings. The molecule has 0 saturated heterocycles. The van der Waals surface area contributed by atoms with Gasteiger partial charge in [0.1, 0.15) is 23.0 Å². The van der Waals surface area contributed by atoms with E-state index < -0.39 is 5.97 Å². The maximum atomic E-state index is 13.1. The van der Waals surface area contributed by atoms with Gasteiger partial charge in [0, 0.05) is 35.3 Å². The molecule has 1 aromatic heterocycles. The Bertz CT molecular complexity index is 1530. The summed E-state index contributed by atoms with van der Waals surface area (Å²) >= 11 is 0. The number of carbonyl (C=O) groups excluding carboxylic acids is 2. The SMILES string of the molecule is COc1ccc(CC(=O)Oc2ccc3c(c2C)O/C(=C\c2cn(C)c4ccc(OC)cc24)C3=O)cc1. The zero-order chi connectivity index (χ0) is 25.4. The summed E-state index contributed by atoms with van der Waals surface area (Å²) in [7, 11) is 5.15. The molecule has 4 aromatic rings. The van der Waals surface area contributed by atoms with Gasteiger partial charge in [-0.1, -0.05) is 12.1 Å². The fourth-order valence-electron chi connectivity index (χ4n) is 4.33. The number of carbonyl (C=O) groups is 2. The van der Waals surface area contributed by atoms with E-state index in [0.29, 0.717) is 22.6 Å². The second kappa shape index (κ2) is 9.26. The summed E-state index contributed by atoms with van der Waals surface area (Å²) in [6, 6.07) is 16.3. The topological polar surface area (TPSA) is 76.0 Å². The number of allylic oxidation sites excluding steroid dienone is 1. The third-order valence-electron chi connectivity index (χ3n) is 6.28. The van der Waals surface area contributed by atoms with E-state index >= 15 is 0 Å². The second-order valence-corrected chi connectivity index (χ2v) is 8.58. The van der Waals surface area contributed by atoms with Crippen LogP contribution in [0.1, 0.15) is 27.0 Å². The molecule has 0 N–H and O–H groups in total.